The normalized spacial score (nSPS) is 14.9. The van der Waals surface area contributed by atoms with E-state index in [-0.39, 0.29) is 23.3 Å². The van der Waals surface area contributed by atoms with Crippen LogP contribution in [-0.2, 0) is 11.0 Å². The Hall–Kier alpha value is -3.63. The first-order valence-corrected chi connectivity index (χ1v) is 9.96. The van der Waals surface area contributed by atoms with Gasteiger partial charge in [-0.3, -0.25) is 9.36 Å². The molecule has 1 saturated heterocycles. The Morgan fingerprint density at radius 3 is 2.56 bits per heavy atom. The van der Waals surface area contributed by atoms with E-state index in [1.807, 2.05) is 6.07 Å². The first-order valence-electron chi connectivity index (χ1n) is 9.96. The number of alkyl halides is 3. The van der Waals surface area contributed by atoms with Crippen molar-refractivity contribution in [2.24, 2.45) is 5.92 Å². The van der Waals surface area contributed by atoms with E-state index in [1.165, 1.54) is 19.5 Å². The molecule has 0 spiro atoms. The number of piperidine rings is 1. The highest BCUT2D eigenvalue weighted by molar-refractivity contribution is 5.94. The summed E-state index contributed by atoms with van der Waals surface area (Å²) < 4.78 is 46.0. The fourth-order valence-electron chi connectivity index (χ4n) is 3.63. The summed E-state index contributed by atoms with van der Waals surface area (Å²) in [6.07, 6.45) is 3.13. The van der Waals surface area contributed by atoms with Crippen molar-refractivity contribution in [1.82, 2.24) is 19.5 Å². The van der Waals surface area contributed by atoms with Gasteiger partial charge < -0.3 is 15.0 Å². The quantitative estimate of drug-likeness (QED) is 0.645. The number of rotatable bonds is 5. The predicted molar refractivity (Wildman–Crippen MR) is 111 cm³/mol. The number of amides is 1. The molecule has 0 atom stereocenters. The third-order valence-electron chi connectivity index (χ3n) is 5.38. The minimum Gasteiger partial charge on any atom is -0.495 e. The van der Waals surface area contributed by atoms with Crippen LogP contribution in [0.1, 0.15) is 18.4 Å². The molecule has 1 amide bonds. The maximum Gasteiger partial charge on any atom is 0.416 e. The Morgan fingerprint density at radius 1 is 1.16 bits per heavy atom. The number of imidazole rings is 1. The van der Waals surface area contributed by atoms with Gasteiger partial charge in [0.25, 0.3) is 0 Å². The Labute approximate surface area is 182 Å². The highest BCUT2D eigenvalue weighted by atomic mass is 19.4. The fraction of sp³-hybridized carbons (Fsp3) is 0.333. The molecular formula is C21H21F3N6O2. The molecule has 4 rings (SSSR count). The third kappa shape index (κ3) is 4.66. The molecule has 1 N–H and O–H groups in total. The molecule has 11 heteroatoms. The number of hydrogen-bond acceptors (Lipinski definition) is 6. The topological polar surface area (TPSA) is 85.2 Å². The maximum absolute atomic E-state index is 13.0. The minimum atomic E-state index is -4.51. The Morgan fingerprint density at radius 2 is 1.91 bits per heavy atom. The molecule has 3 aromatic rings. The third-order valence-corrected chi connectivity index (χ3v) is 5.38. The van der Waals surface area contributed by atoms with Gasteiger partial charge in [0.2, 0.25) is 5.91 Å². The van der Waals surface area contributed by atoms with Gasteiger partial charge in [-0.1, -0.05) is 0 Å². The zero-order chi connectivity index (χ0) is 22.7. The van der Waals surface area contributed by atoms with Gasteiger partial charge in [-0.25, -0.2) is 15.0 Å². The number of hydrogen-bond donors (Lipinski definition) is 1. The molecular weight excluding hydrogens is 425 g/mol. The molecule has 1 fully saturated rings. The maximum atomic E-state index is 13.0. The molecule has 168 valence electrons. The number of benzene rings is 1. The number of aromatic nitrogens is 4. The summed E-state index contributed by atoms with van der Waals surface area (Å²) in [4.78, 5) is 27.4. The molecule has 1 aromatic carbocycles. The second kappa shape index (κ2) is 8.85. The van der Waals surface area contributed by atoms with E-state index in [1.54, 1.807) is 23.3 Å². The zero-order valence-electron chi connectivity index (χ0n) is 17.2. The van der Waals surface area contributed by atoms with E-state index < -0.39 is 11.7 Å². The molecule has 32 heavy (non-hydrogen) atoms. The number of nitrogens with zero attached hydrogens (tertiary/aromatic N) is 5. The Bertz CT molecular complexity index is 1080. The van der Waals surface area contributed by atoms with Gasteiger partial charge in [0.15, 0.2) is 0 Å². The number of nitrogens with one attached hydrogen (secondary N) is 1. The zero-order valence-corrected chi connectivity index (χ0v) is 17.2. The summed E-state index contributed by atoms with van der Waals surface area (Å²) in [6, 6.07) is 4.86. The van der Waals surface area contributed by atoms with Gasteiger partial charge >= 0.3 is 6.18 Å². The lowest BCUT2D eigenvalue weighted by Gasteiger charge is -2.32. The number of anilines is 2. The lowest BCUT2D eigenvalue weighted by molar-refractivity contribution is -0.137. The minimum absolute atomic E-state index is 0.00975. The molecule has 8 nitrogen and oxygen atoms in total. The number of carbonyl (C=O) groups excluding carboxylic acids is 1. The highest BCUT2D eigenvalue weighted by Gasteiger charge is 2.32. The van der Waals surface area contributed by atoms with Crippen LogP contribution in [0, 0.1) is 5.92 Å². The smallest absolute Gasteiger partial charge is 0.416 e. The monoisotopic (exact) mass is 446 g/mol. The van der Waals surface area contributed by atoms with Crippen molar-refractivity contribution in [3.8, 4) is 11.6 Å². The van der Waals surface area contributed by atoms with Gasteiger partial charge in [-0.2, -0.15) is 13.2 Å². The van der Waals surface area contributed by atoms with Crippen LogP contribution in [0.15, 0.2) is 49.3 Å². The van der Waals surface area contributed by atoms with Crippen LogP contribution in [0.5, 0.6) is 5.75 Å². The van der Waals surface area contributed by atoms with Crippen LogP contribution in [0.2, 0.25) is 0 Å². The first-order chi connectivity index (χ1) is 15.3. The molecule has 0 aliphatic carbocycles. The molecule has 0 unspecified atom stereocenters. The van der Waals surface area contributed by atoms with Crippen LogP contribution >= 0.6 is 0 Å². The Balaban J connectivity index is 1.41. The van der Waals surface area contributed by atoms with E-state index in [2.05, 4.69) is 25.2 Å². The number of methoxy groups -OCH3 is 1. The van der Waals surface area contributed by atoms with Crippen LogP contribution < -0.4 is 15.0 Å². The summed E-state index contributed by atoms with van der Waals surface area (Å²) in [5.41, 5.74) is -0.837. The molecule has 3 heterocycles. The summed E-state index contributed by atoms with van der Waals surface area (Å²) in [6.45, 7) is 1.16. The second-order valence-electron chi connectivity index (χ2n) is 7.37. The van der Waals surface area contributed by atoms with Gasteiger partial charge in [-0.05, 0) is 31.0 Å². The lowest BCUT2D eigenvalue weighted by atomic mass is 9.95. The molecule has 1 aliphatic rings. The van der Waals surface area contributed by atoms with E-state index in [0.29, 0.717) is 31.7 Å². The van der Waals surface area contributed by atoms with Gasteiger partial charge in [0.1, 0.15) is 30.0 Å². The summed E-state index contributed by atoms with van der Waals surface area (Å²) in [5, 5.41) is 2.61. The molecule has 0 bridgehead atoms. The summed E-state index contributed by atoms with van der Waals surface area (Å²) >= 11 is 0. The van der Waals surface area contributed by atoms with Crippen molar-refractivity contribution in [2.75, 3.05) is 30.4 Å². The SMILES string of the molecule is COc1ccc(C(F)(F)F)cc1NC(=O)C1CCN(c2cc(-n3ccnc3)ncn2)CC1. The van der Waals surface area contributed by atoms with Gasteiger partial charge in [0.05, 0.1) is 18.4 Å². The van der Waals surface area contributed by atoms with Crippen molar-refractivity contribution in [1.29, 1.82) is 0 Å². The van der Waals surface area contributed by atoms with E-state index in [4.69, 9.17) is 4.74 Å². The van der Waals surface area contributed by atoms with Crippen LogP contribution in [0.3, 0.4) is 0 Å². The number of halogens is 3. The van der Waals surface area contributed by atoms with Crippen molar-refractivity contribution >= 4 is 17.4 Å². The van der Waals surface area contributed by atoms with E-state index in [9.17, 15) is 18.0 Å². The van der Waals surface area contributed by atoms with Crippen molar-refractivity contribution in [3.63, 3.8) is 0 Å². The van der Waals surface area contributed by atoms with E-state index in [0.717, 1.165) is 18.0 Å². The predicted octanol–water partition coefficient (Wildman–Crippen LogP) is 3.54. The molecule has 2 aromatic heterocycles. The Kier molecular flexibility index (Phi) is 5.97. The van der Waals surface area contributed by atoms with Crippen molar-refractivity contribution < 1.29 is 22.7 Å². The second-order valence-corrected chi connectivity index (χ2v) is 7.37. The van der Waals surface area contributed by atoms with Crippen molar-refractivity contribution in [3.05, 3.63) is 54.9 Å². The molecule has 1 aliphatic heterocycles. The largest absolute Gasteiger partial charge is 0.495 e. The van der Waals surface area contributed by atoms with Crippen LogP contribution in [-0.4, -0.2) is 45.6 Å². The summed E-state index contributed by atoms with van der Waals surface area (Å²) in [5.74, 6) is 0.937. The average Bonchev–Trinajstić information content (AvgIpc) is 3.34. The van der Waals surface area contributed by atoms with E-state index >= 15 is 0 Å². The molecule has 0 radical (unpaired) electrons. The van der Waals surface area contributed by atoms with Gasteiger partial charge in [0, 0.05) is 37.5 Å². The number of carbonyl (C=O) groups is 1. The van der Waals surface area contributed by atoms with Crippen molar-refractivity contribution in [2.45, 2.75) is 19.0 Å². The standard InChI is InChI=1S/C21H21F3N6O2/c1-32-17-3-2-15(21(22,23)24)10-16(17)28-20(31)14-4-7-29(8-5-14)18-11-19(27-12-26-18)30-9-6-25-13-30/h2-3,6,9-14H,4-5,7-8H2,1H3,(H,28,31). The summed E-state index contributed by atoms with van der Waals surface area (Å²) in [7, 11) is 1.34. The fourth-order valence-corrected chi connectivity index (χ4v) is 3.63. The molecule has 0 saturated carbocycles. The lowest BCUT2D eigenvalue weighted by Crippen LogP contribution is -2.38. The van der Waals surface area contributed by atoms with Crippen LogP contribution in [0.25, 0.3) is 5.82 Å². The first kappa shape index (κ1) is 21.6. The average molecular weight is 446 g/mol. The van der Waals surface area contributed by atoms with Crippen LogP contribution in [0.4, 0.5) is 24.7 Å². The number of ether oxygens (including phenoxy) is 1. The van der Waals surface area contributed by atoms with Gasteiger partial charge in [-0.15, -0.1) is 0 Å². The highest BCUT2D eigenvalue weighted by Crippen LogP contribution is 2.35.